The first-order valence-electron chi connectivity index (χ1n) is 10.4. The Bertz CT molecular complexity index is 696. The van der Waals surface area contributed by atoms with E-state index < -0.39 is 16.4 Å². The van der Waals surface area contributed by atoms with Crippen LogP contribution in [0.2, 0.25) is 0 Å². The van der Waals surface area contributed by atoms with E-state index in [-0.39, 0.29) is 5.54 Å². The number of nitrogens with one attached hydrogen (secondary N) is 1. The molecule has 0 amide bonds. The number of hydrogen-bond donors (Lipinski definition) is 1. The fourth-order valence-corrected chi connectivity index (χ4v) is 4.67. The summed E-state index contributed by atoms with van der Waals surface area (Å²) in [5.74, 6) is -0.751. The Hall–Kier alpha value is -1.73. The minimum atomic E-state index is -0.751. The van der Waals surface area contributed by atoms with Gasteiger partial charge in [0, 0.05) is 31.3 Å². The molecule has 0 unspecified atom stereocenters. The molecule has 28 heavy (non-hydrogen) atoms. The fraction of sp³-hybridized carbons (Fsp3) is 0.714. The average molecular weight is 394 g/mol. The van der Waals surface area contributed by atoms with Crippen LogP contribution in [-0.4, -0.2) is 42.3 Å². The Morgan fingerprint density at radius 2 is 1.93 bits per heavy atom. The number of piperidine rings is 1. The van der Waals surface area contributed by atoms with Crippen LogP contribution in [0.5, 0.6) is 0 Å². The van der Waals surface area contributed by atoms with Gasteiger partial charge in [0.25, 0.3) is 0 Å². The Labute approximate surface area is 166 Å². The predicted molar refractivity (Wildman–Crippen MR) is 108 cm³/mol. The summed E-state index contributed by atoms with van der Waals surface area (Å²) < 4.78 is 19.9. The van der Waals surface area contributed by atoms with E-state index in [9.17, 15) is 14.5 Å². The van der Waals surface area contributed by atoms with E-state index >= 15 is 0 Å². The molecular weight excluding hydrogens is 361 g/mol. The zero-order valence-electron chi connectivity index (χ0n) is 17.2. The van der Waals surface area contributed by atoms with E-state index in [0.29, 0.717) is 36.5 Å². The SMILES string of the molecule is CCOC1CCC(C)(NC2CCN(c3cc(C)cc(F)c3[N+](=O)[O-])CC2)CC1. The summed E-state index contributed by atoms with van der Waals surface area (Å²) in [6.07, 6.45) is 6.57. The van der Waals surface area contributed by atoms with Gasteiger partial charge in [-0.05, 0) is 77.0 Å². The first-order valence-corrected chi connectivity index (χ1v) is 10.4. The number of hydrogen-bond acceptors (Lipinski definition) is 5. The van der Waals surface area contributed by atoms with Crippen LogP contribution < -0.4 is 10.2 Å². The number of anilines is 1. The lowest BCUT2D eigenvalue weighted by Crippen LogP contribution is -2.54. The van der Waals surface area contributed by atoms with Crippen molar-refractivity contribution in [2.75, 3.05) is 24.6 Å². The molecule has 0 aromatic heterocycles. The molecule has 0 spiro atoms. The molecule has 1 N–H and O–H groups in total. The van der Waals surface area contributed by atoms with Crippen molar-refractivity contribution in [1.29, 1.82) is 0 Å². The quantitative estimate of drug-likeness (QED) is 0.575. The van der Waals surface area contributed by atoms with E-state index in [1.807, 2.05) is 11.8 Å². The van der Waals surface area contributed by atoms with Gasteiger partial charge in [-0.3, -0.25) is 10.1 Å². The van der Waals surface area contributed by atoms with Gasteiger partial charge >= 0.3 is 5.69 Å². The van der Waals surface area contributed by atoms with Gasteiger partial charge in [0.2, 0.25) is 5.82 Å². The molecule has 1 saturated carbocycles. The predicted octanol–water partition coefficient (Wildman–Crippen LogP) is 4.34. The highest BCUT2D eigenvalue weighted by Gasteiger charge is 2.35. The summed E-state index contributed by atoms with van der Waals surface area (Å²) in [6, 6.07) is 3.35. The second-order valence-corrected chi connectivity index (χ2v) is 8.49. The minimum absolute atomic E-state index is 0.127. The van der Waals surface area contributed by atoms with Gasteiger partial charge < -0.3 is 15.0 Å². The molecule has 6 nitrogen and oxygen atoms in total. The molecule has 1 aliphatic heterocycles. The average Bonchev–Trinajstić information content (AvgIpc) is 2.63. The molecule has 3 rings (SSSR count). The molecule has 1 saturated heterocycles. The highest BCUT2D eigenvalue weighted by atomic mass is 19.1. The van der Waals surface area contributed by atoms with Crippen LogP contribution in [0.1, 0.15) is 57.9 Å². The summed E-state index contributed by atoms with van der Waals surface area (Å²) in [4.78, 5) is 12.7. The van der Waals surface area contributed by atoms with Crippen LogP contribution in [0.4, 0.5) is 15.8 Å². The summed E-state index contributed by atoms with van der Waals surface area (Å²) in [5.41, 5.74) is 0.835. The van der Waals surface area contributed by atoms with Gasteiger partial charge in [-0.1, -0.05) is 0 Å². The van der Waals surface area contributed by atoms with Crippen molar-refractivity contribution in [2.24, 2.45) is 0 Å². The number of nitro benzene ring substituents is 1. The monoisotopic (exact) mass is 393 g/mol. The largest absolute Gasteiger partial charge is 0.379 e. The lowest BCUT2D eigenvalue weighted by molar-refractivity contribution is -0.386. The molecule has 1 aliphatic carbocycles. The van der Waals surface area contributed by atoms with E-state index in [0.717, 1.165) is 45.1 Å². The number of benzene rings is 1. The summed E-state index contributed by atoms with van der Waals surface area (Å²) in [5, 5.41) is 15.2. The maximum atomic E-state index is 14.1. The van der Waals surface area contributed by atoms with Crippen LogP contribution in [0, 0.1) is 22.9 Å². The van der Waals surface area contributed by atoms with E-state index in [1.165, 1.54) is 6.07 Å². The number of aryl methyl sites for hydroxylation is 1. The third kappa shape index (κ3) is 4.81. The molecule has 0 bridgehead atoms. The molecule has 1 aromatic rings. The summed E-state index contributed by atoms with van der Waals surface area (Å²) in [7, 11) is 0. The molecule has 0 radical (unpaired) electrons. The van der Waals surface area contributed by atoms with Crippen LogP contribution in [0.3, 0.4) is 0 Å². The topological polar surface area (TPSA) is 67.6 Å². The van der Waals surface area contributed by atoms with Crippen LogP contribution in [-0.2, 0) is 4.74 Å². The highest BCUT2D eigenvalue weighted by molar-refractivity contribution is 5.65. The normalized spacial score (nSPS) is 26.4. The van der Waals surface area contributed by atoms with E-state index in [4.69, 9.17) is 4.74 Å². The van der Waals surface area contributed by atoms with Gasteiger partial charge in [0.15, 0.2) is 0 Å². The fourth-order valence-electron chi connectivity index (χ4n) is 4.67. The smallest absolute Gasteiger partial charge is 0.327 e. The van der Waals surface area contributed by atoms with Gasteiger partial charge in [0.05, 0.1) is 11.0 Å². The maximum Gasteiger partial charge on any atom is 0.327 e. The van der Waals surface area contributed by atoms with Crippen LogP contribution in [0.25, 0.3) is 0 Å². The number of rotatable bonds is 6. The van der Waals surface area contributed by atoms with Gasteiger partial charge in [0.1, 0.15) is 5.69 Å². The number of nitrogens with zero attached hydrogens (tertiary/aromatic N) is 2. The Morgan fingerprint density at radius 3 is 2.50 bits per heavy atom. The van der Waals surface area contributed by atoms with Crippen molar-refractivity contribution in [1.82, 2.24) is 5.32 Å². The number of halogens is 1. The number of ether oxygens (including phenoxy) is 1. The number of nitro groups is 1. The zero-order chi connectivity index (χ0) is 20.3. The third-order valence-electron chi connectivity index (χ3n) is 6.20. The van der Waals surface area contributed by atoms with Gasteiger partial charge in [-0.2, -0.15) is 4.39 Å². The second kappa shape index (κ2) is 8.74. The van der Waals surface area contributed by atoms with Crippen molar-refractivity contribution in [3.63, 3.8) is 0 Å². The first-order chi connectivity index (χ1) is 13.3. The van der Waals surface area contributed by atoms with Crippen LogP contribution in [0.15, 0.2) is 12.1 Å². The molecule has 7 heteroatoms. The van der Waals surface area contributed by atoms with Crippen molar-refractivity contribution in [3.05, 3.63) is 33.6 Å². The van der Waals surface area contributed by atoms with Crippen LogP contribution >= 0.6 is 0 Å². The summed E-state index contributed by atoms with van der Waals surface area (Å²) >= 11 is 0. The van der Waals surface area contributed by atoms with E-state index in [2.05, 4.69) is 12.2 Å². The first kappa shape index (κ1) is 21.0. The standard InChI is InChI=1S/C21H32FN3O3/c1-4-28-17-5-9-21(3,10-6-17)23-16-7-11-24(12-8-16)19-14-15(2)13-18(22)20(19)25(26)27/h13-14,16-17,23H,4-12H2,1-3H3. The van der Waals surface area contributed by atoms with Crippen molar-refractivity contribution < 1.29 is 14.1 Å². The van der Waals surface area contributed by atoms with Crippen molar-refractivity contribution >= 4 is 11.4 Å². The molecule has 2 fully saturated rings. The molecule has 1 aromatic carbocycles. The van der Waals surface area contributed by atoms with Gasteiger partial charge in [-0.15, -0.1) is 0 Å². The Morgan fingerprint density at radius 1 is 1.29 bits per heavy atom. The maximum absolute atomic E-state index is 14.1. The second-order valence-electron chi connectivity index (χ2n) is 8.49. The van der Waals surface area contributed by atoms with Crippen molar-refractivity contribution in [3.8, 4) is 0 Å². The summed E-state index contributed by atoms with van der Waals surface area (Å²) in [6.45, 7) is 8.27. The Balaban J connectivity index is 1.59. The third-order valence-corrected chi connectivity index (χ3v) is 6.20. The molecule has 156 valence electrons. The lowest BCUT2D eigenvalue weighted by Gasteiger charge is -2.43. The molecular formula is C21H32FN3O3. The molecule has 0 atom stereocenters. The van der Waals surface area contributed by atoms with Gasteiger partial charge in [-0.25, -0.2) is 0 Å². The highest BCUT2D eigenvalue weighted by Crippen LogP contribution is 2.35. The molecule has 2 aliphatic rings. The minimum Gasteiger partial charge on any atom is -0.379 e. The van der Waals surface area contributed by atoms with E-state index in [1.54, 1.807) is 13.0 Å². The lowest BCUT2D eigenvalue weighted by atomic mass is 9.80. The van der Waals surface area contributed by atoms with Crippen molar-refractivity contribution in [2.45, 2.75) is 77.0 Å². The Kier molecular flexibility index (Phi) is 6.55. The zero-order valence-corrected chi connectivity index (χ0v) is 17.2. The molecule has 1 heterocycles.